The van der Waals surface area contributed by atoms with Crippen LogP contribution in [0.1, 0.15) is 101 Å². The summed E-state index contributed by atoms with van der Waals surface area (Å²) in [6.07, 6.45) is 1.92. The van der Waals surface area contributed by atoms with E-state index in [2.05, 4.69) is 218 Å². The van der Waals surface area contributed by atoms with Gasteiger partial charge in [0.2, 0.25) is 0 Å². The summed E-state index contributed by atoms with van der Waals surface area (Å²) in [5.74, 6) is 1.21. The number of hydrogen-bond acceptors (Lipinski definition) is 5. The molecule has 0 N–H and O–H groups in total. The van der Waals surface area contributed by atoms with Crippen molar-refractivity contribution in [2.45, 2.75) is 84.0 Å². The third kappa shape index (κ3) is 7.53. The van der Waals surface area contributed by atoms with Crippen LogP contribution in [0, 0.1) is 18.8 Å². The Labute approximate surface area is 383 Å². The molecule has 0 saturated heterocycles. The Bertz CT molecular complexity index is 2670. The standard InChI is InChI=1S/C56H55N4O.Pt/c1-53(2,3)38-24-28-42(29-25-38)60-48-30-26-39(54(4,5)6)34-46(48)56(52-23-13-14-32-57-52,47-35-40(55(7,8)9)27-31-49(47)60)41-17-15-19-44(33-41)61-45-20-16-18-43(36-45)59-37-58(10)50-21-11-12-22-51(50)59;/h11-32,34-35,37H,1-10H3;/q-3;. The van der Waals surface area contributed by atoms with Crippen LogP contribution >= 0.6 is 0 Å². The van der Waals surface area contributed by atoms with E-state index in [0.717, 1.165) is 56.5 Å². The summed E-state index contributed by atoms with van der Waals surface area (Å²) in [6, 6.07) is 57.6. The van der Waals surface area contributed by atoms with Gasteiger partial charge in [0.25, 0.3) is 0 Å². The van der Waals surface area contributed by atoms with Crippen molar-refractivity contribution in [2.24, 2.45) is 0 Å². The first kappa shape index (κ1) is 43.0. The van der Waals surface area contributed by atoms with Crippen molar-refractivity contribution in [3.05, 3.63) is 204 Å². The molecular formula is C56H55N4OPt-3. The van der Waals surface area contributed by atoms with Crippen molar-refractivity contribution in [3.63, 3.8) is 0 Å². The van der Waals surface area contributed by atoms with Crippen molar-refractivity contribution >= 4 is 34.1 Å². The van der Waals surface area contributed by atoms with Gasteiger partial charge in [-0.2, -0.15) is 24.9 Å². The maximum absolute atomic E-state index is 6.77. The summed E-state index contributed by atoms with van der Waals surface area (Å²) in [6.45, 7) is 22.6. The Morgan fingerprint density at radius 2 is 1.10 bits per heavy atom. The molecule has 7 aromatic rings. The zero-order chi connectivity index (χ0) is 42.9. The maximum Gasteiger partial charge on any atom is 0.0693 e. The number of anilines is 6. The van der Waals surface area contributed by atoms with Crippen LogP contribution < -0.4 is 19.4 Å². The van der Waals surface area contributed by atoms with Gasteiger partial charge < -0.3 is 19.4 Å². The first-order valence-electron chi connectivity index (χ1n) is 21.3. The predicted octanol–water partition coefficient (Wildman–Crippen LogP) is 14.2. The first-order chi connectivity index (χ1) is 29.0. The third-order valence-corrected chi connectivity index (χ3v) is 12.3. The van der Waals surface area contributed by atoms with E-state index in [0.29, 0.717) is 11.5 Å². The van der Waals surface area contributed by atoms with E-state index >= 15 is 0 Å². The van der Waals surface area contributed by atoms with E-state index in [1.165, 1.54) is 16.7 Å². The summed E-state index contributed by atoms with van der Waals surface area (Å²) < 4.78 is 6.77. The molecule has 0 saturated carbocycles. The van der Waals surface area contributed by atoms with Crippen LogP contribution in [0.3, 0.4) is 0 Å². The molecule has 0 radical (unpaired) electrons. The van der Waals surface area contributed by atoms with E-state index < -0.39 is 5.41 Å². The van der Waals surface area contributed by atoms with E-state index in [1.54, 1.807) is 0 Å². The Morgan fingerprint density at radius 1 is 0.548 bits per heavy atom. The molecule has 2 aliphatic heterocycles. The van der Waals surface area contributed by atoms with Gasteiger partial charge in [-0.1, -0.05) is 117 Å². The van der Waals surface area contributed by atoms with Gasteiger partial charge in [-0.15, -0.1) is 41.6 Å². The van der Waals surface area contributed by atoms with Gasteiger partial charge in [-0.3, -0.25) is 4.98 Å². The fourth-order valence-corrected chi connectivity index (χ4v) is 8.88. The van der Waals surface area contributed by atoms with E-state index in [9.17, 15) is 0 Å². The molecule has 0 aliphatic carbocycles. The Morgan fingerprint density at radius 3 is 1.68 bits per heavy atom. The molecule has 318 valence electrons. The smallest absolute Gasteiger partial charge is 0.0693 e. The van der Waals surface area contributed by atoms with Crippen molar-refractivity contribution in [1.29, 1.82) is 0 Å². The number of para-hydroxylation sites is 2. The second-order valence-corrected chi connectivity index (χ2v) is 19.6. The normalized spacial score (nSPS) is 14.5. The topological polar surface area (TPSA) is 31.8 Å². The van der Waals surface area contributed by atoms with Crippen LogP contribution in [0.5, 0.6) is 11.5 Å². The SMILES string of the molecule is CN1[CH-]N(c2[c-]c(Oc3[c-]c(C4(c5ccccn5)c5cc(C(C)(C)C)ccc5N(c5ccc(C(C)(C)C)cc5)c5ccc(C(C)(C)C)cc54)ccc3)ccc2)c2ccccc21.[Pt]. The van der Waals surface area contributed by atoms with E-state index in [-0.39, 0.29) is 37.3 Å². The number of rotatable bonds is 6. The summed E-state index contributed by atoms with van der Waals surface area (Å²) in [7, 11) is 2.06. The number of ether oxygens (including phenoxy) is 1. The zero-order valence-corrected chi connectivity index (χ0v) is 39.7. The monoisotopic (exact) mass is 994 g/mol. The molecule has 0 spiro atoms. The molecule has 0 bridgehead atoms. The van der Waals surface area contributed by atoms with Gasteiger partial charge in [0, 0.05) is 55.8 Å². The Hall–Kier alpha value is -5.64. The molecule has 0 atom stereocenters. The number of aromatic nitrogens is 1. The number of nitrogens with zero attached hydrogens (tertiary/aromatic N) is 4. The number of hydrogen-bond donors (Lipinski definition) is 0. The van der Waals surface area contributed by atoms with Crippen LogP contribution in [0.25, 0.3) is 0 Å². The number of fused-ring (bicyclic) bond motifs is 3. The van der Waals surface area contributed by atoms with Crippen molar-refractivity contribution in [3.8, 4) is 11.5 Å². The molecule has 0 amide bonds. The van der Waals surface area contributed by atoms with Gasteiger partial charge in [0.15, 0.2) is 0 Å². The molecule has 1 aromatic heterocycles. The minimum absolute atomic E-state index is 0. The summed E-state index contributed by atoms with van der Waals surface area (Å²) in [4.78, 5) is 12.0. The van der Waals surface area contributed by atoms with Crippen LogP contribution in [-0.2, 0) is 42.7 Å². The Balaban J connectivity index is 0.00000529. The van der Waals surface area contributed by atoms with Gasteiger partial charge >= 0.3 is 0 Å². The summed E-state index contributed by atoms with van der Waals surface area (Å²) >= 11 is 0. The molecule has 3 heterocycles. The van der Waals surface area contributed by atoms with Crippen molar-refractivity contribution in [1.82, 2.24) is 4.98 Å². The fourth-order valence-electron chi connectivity index (χ4n) is 8.88. The third-order valence-electron chi connectivity index (χ3n) is 12.3. The molecule has 62 heavy (non-hydrogen) atoms. The second-order valence-electron chi connectivity index (χ2n) is 19.6. The van der Waals surface area contributed by atoms with Crippen LogP contribution in [0.15, 0.2) is 146 Å². The average molecular weight is 995 g/mol. The number of benzene rings is 6. The summed E-state index contributed by atoms with van der Waals surface area (Å²) in [5.41, 5.74) is 13.3. The molecule has 0 unspecified atom stereocenters. The minimum Gasteiger partial charge on any atom is -0.509 e. The summed E-state index contributed by atoms with van der Waals surface area (Å²) in [5, 5.41) is 0. The number of pyridine rings is 1. The largest absolute Gasteiger partial charge is 0.509 e. The molecule has 0 fully saturated rings. The zero-order valence-electron chi connectivity index (χ0n) is 37.4. The minimum atomic E-state index is -0.875. The quantitative estimate of drug-likeness (QED) is 0.155. The molecule has 2 aliphatic rings. The van der Waals surface area contributed by atoms with Crippen LogP contribution in [0.2, 0.25) is 0 Å². The molecule has 6 heteroatoms. The second kappa shape index (κ2) is 15.9. The molecule has 5 nitrogen and oxygen atoms in total. The van der Waals surface area contributed by atoms with E-state index in [1.807, 2.05) is 30.5 Å². The van der Waals surface area contributed by atoms with Crippen molar-refractivity contribution < 1.29 is 25.8 Å². The maximum atomic E-state index is 6.77. The van der Waals surface area contributed by atoms with Crippen LogP contribution in [0.4, 0.5) is 34.1 Å². The van der Waals surface area contributed by atoms with Crippen molar-refractivity contribution in [2.75, 3.05) is 21.7 Å². The predicted molar refractivity (Wildman–Crippen MR) is 252 cm³/mol. The van der Waals surface area contributed by atoms with E-state index in [4.69, 9.17) is 9.72 Å². The molecule has 6 aromatic carbocycles. The van der Waals surface area contributed by atoms with Crippen LogP contribution in [-0.4, -0.2) is 12.0 Å². The Kier molecular flexibility index (Phi) is 11.0. The fraction of sp³-hybridized carbons (Fsp3) is 0.250. The van der Waals surface area contributed by atoms with Gasteiger partial charge in [-0.05, 0) is 99.6 Å². The molecular weight excluding hydrogens is 940 g/mol. The first-order valence-corrected chi connectivity index (χ1v) is 21.3. The van der Waals surface area contributed by atoms with Gasteiger partial charge in [-0.25, -0.2) is 0 Å². The van der Waals surface area contributed by atoms with Gasteiger partial charge in [0.05, 0.1) is 22.5 Å². The molecule has 9 rings (SSSR count). The van der Waals surface area contributed by atoms with Gasteiger partial charge in [0.1, 0.15) is 0 Å². The average Bonchev–Trinajstić information content (AvgIpc) is 3.58.